The summed E-state index contributed by atoms with van der Waals surface area (Å²) in [6.07, 6.45) is 2.25. The van der Waals surface area contributed by atoms with Crippen molar-refractivity contribution in [2.75, 3.05) is 5.75 Å². The van der Waals surface area contributed by atoms with Crippen LogP contribution in [0.25, 0.3) is 0 Å². The third kappa shape index (κ3) is 3.84. The molecule has 2 heteroatoms. The number of hydrogen-bond donors (Lipinski definition) is 1. The molecule has 0 aromatic heterocycles. The van der Waals surface area contributed by atoms with Crippen LogP contribution in [0.4, 0.5) is 0 Å². The van der Waals surface area contributed by atoms with Gasteiger partial charge in [0.25, 0.3) is 0 Å². The quantitative estimate of drug-likeness (QED) is 0.749. The van der Waals surface area contributed by atoms with Gasteiger partial charge in [-0.3, -0.25) is 0 Å². The summed E-state index contributed by atoms with van der Waals surface area (Å²) in [5.41, 5.74) is 7.42. The van der Waals surface area contributed by atoms with E-state index in [-0.39, 0.29) is 6.04 Å². The third-order valence-electron chi connectivity index (χ3n) is 2.98. The SMILES string of the molecule is CCC(C)CSc1ccccc1[C@H](N)CC. The highest BCUT2D eigenvalue weighted by Gasteiger charge is 2.09. The molecule has 1 rings (SSSR count). The van der Waals surface area contributed by atoms with Crippen LogP contribution in [0.2, 0.25) is 0 Å². The van der Waals surface area contributed by atoms with Gasteiger partial charge in [-0.25, -0.2) is 0 Å². The molecule has 0 spiro atoms. The van der Waals surface area contributed by atoms with Gasteiger partial charge in [0.15, 0.2) is 0 Å². The number of benzene rings is 1. The summed E-state index contributed by atoms with van der Waals surface area (Å²) in [5, 5.41) is 0. The van der Waals surface area contributed by atoms with Crippen LogP contribution in [-0.2, 0) is 0 Å². The smallest absolute Gasteiger partial charge is 0.0303 e. The van der Waals surface area contributed by atoms with Crippen LogP contribution in [0.5, 0.6) is 0 Å². The van der Waals surface area contributed by atoms with Crippen molar-refractivity contribution in [2.45, 2.75) is 44.6 Å². The Hall–Kier alpha value is -0.470. The zero-order valence-electron chi connectivity index (χ0n) is 10.6. The predicted molar refractivity (Wildman–Crippen MR) is 73.8 cm³/mol. The van der Waals surface area contributed by atoms with Crippen LogP contribution in [0.15, 0.2) is 29.2 Å². The number of thioether (sulfide) groups is 1. The Bertz CT molecular complexity index is 311. The molecule has 0 fully saturated rings. The van der Waals surface area contributed by atoms with Crippen molar-refractivity contribution < 1.29 is 0 Å². The van der Waals surface area contributed by atoms with Gasteiger partial charge in [0.1, 0.15) is 0 Å². The van der Waals surface area contributed by atoms with E-state index < -0.39 is 0 Å². The van der Waals surface area contributed by atoms with Gasteiger partial charge in [-0.15, -0.1) is 11.8 Å². The molecule has 1 aromatic carbocycles. The van der Waals surface area contributed by atoms with Gasteiger partial charge in [0.05, 0.1) is 0 Å². The average molecular weight is 237 g/mol. The lowest BCUT2D eigenvalue weighted by molar-refractivity contribution is 0.636. The second kappa shape index (κ2) is 6.97. The summed E-state index contributed by atoms with van der Waals surface area (Å²) in [6, 6.07) is 8.72. The minimum atomic E-state index is 0.181. The maximum atomic E-state index is 6.12. The van der Waals surface area contributed by atoms with Crippen molar-refractivity contribution in [3.05, 3.63) is 29.8 Å². The molecule has 1 unspecified atom stereocenters. The maximum Gasteiger partial charge on any atom is 0.0303 e. The molecule has 0 radical (unpaired) electrons. The molecule has 90 valence electrons. The monoisotopic (exact) mass is 237 g/mol. The Morgan fingerprint density at radius 3 is 2.50 bits per heavy atom. The molecule has 0 aliphatic heterocycles. The highest BCUT2D eigenvalue weighted by Crippen LogP contribution is 2.29. The van der Waals surface area contributed by atoms with Crippen LogP contribution >= 0.6 is 11.8 Å². The Morgan fingerprint density at radius 1 is 1.19 bits per heavy atom. The van der Waals surface area contributed by atoms with Crippen molar-refractivity contribution in [3.63, 3.8) is 0 Å². The molecule has 16 heavy (non-hydrogen) atoms. The first-order valence-electron chi connectivity index (χ1n) is 6.16. The topological polar surface area (TPSA) is 26.0 Å². The normalized spacial score (nSPS) is 14.8. The summed E-state index contributed by atoms with van der Waals surface area (Å²) in [5.74, 6) is 1.96. The second-order valence-corrected chi connectivity index (χ2v) is 5.44. The van der Waals surface area contributed by atoms with Crippen LogP contribution in [-0.4, -0.2) is 5.75 Å². The van der Waals surface area contributed by atoms with E-state index in [9.17, 15) is 0 Å². The van der Waals surface area contributed by atoms with Crippen LogP contribution in [0.3, 0.4) is 0 Å². The molecule has 0 aliphatic carbocycles. The standard InChI is InChI=1S/C14H23NS/c1-4-11(3)10-16-14-9-7-6-8-12(14)13(15)5-2/h6-9,11,13H,4-5,10,15H2,1-3H3/t11?,13-/m1/s1. The van der Waals surface area contributed by atoms with Crippen LogP contribution in [0, 0.1) is 5.92 Å². The molecular weight excluding hydrogens is 214 g/mol. The van der Waals surface area contributed by atoms with Gasteiger partial charge < -0.3 is 5.73 Å². The van der Waals surface area contributed by atoms with E-state index >= 15 is 0 Å². The summed E-state index contributed by atoms with van der Waals surface area (Å²) >= 11 is 1.94. The summed E-state index contributed by atoms with van der Waals surface area (Å²) < 4.78 is 0. The molecule has 0 amide bonds. The molecule has 2 N–H and O–H groups in total. The highest BCUT2D eigenvalue weighted by molar-refractivity contribution is 7.99. The minimum absolute atomic E-state index is 0.181. The van der Waals surface area contributed by atoms with E-state index in [1.807, 2.05) is 11.8 Å². The zero-order chi connectivity index (χ0) is 12.0. The molecule has 0 heterocycles. The maximum absolute atomic E-state index is 6.12. The Kier molecular flexibility index (Phi) is 5.93. The lowest BCUT2D eigenvalue weighted by Crippen LogP contribution is -2.10. The molecular formula is C14H23NS. The Balaban J connectivity index is 2.71. The first-order chi connectivity index (χ1) is 7.69. The van der Waals surface area contributed by atoms with Crippen molar-refractivity contribution in [3.8, 4) is 0 Å². The Morgan fingerprint density at radius 2 is 1.88 bits per heavy atom. The summed E-state index contributed by atoms with van der Waals surface area (Å²) in [6.45, 7) is 6.69. The fourth-order valence-corrected chi connectivity index (χ4v) is 2.75. The Labute approximate surface area is 104 Å². The molecule has 1 nitrogen and oxygen atoms in total. The van der Waals surface area contributed by atoms with Gasteiger partial charge in [-0.2, -0.15) is 0 Å². The van der Waals surface area contributed by atoms with Gasteiger partial charge >= 0.3 is 0 Å². The number of rotatable bonds is 6. The predicted octanol–water partition coefficient (Wildman–Crippen LogP) is 4.23. The molecule has 0 saturated carbocycles. The van der Waals surface area contributed by atoms with E-state index in [4.69, 9.17) is 5.73 Å². The van der Waals surface area contributed by atoms with Gasteiger partial charge in [-0.1, -0.05) is 45.4 Å². The second-order valence-electron chi connectivity index (χ2n) is 4.38. The van der Waals surface area contributed by atoms with Gasteiger partial charge in [0, 0.05) is 16.7 Å². The number of hydrogen-bond acceptors (Lipinski definition) is 2. The fraction of sp³-hybridized carbons (Fsp3) is 0.571. The molecule has 0 bridgehead atoms. The van der Waals surface area contributed by atoms with Crippen molar-refractivity contribution >= 4 is 11.8 Å². The van der Waals surface area contributed by atoms with E-state index in [0.29, 0.717) is 0 Å². The summed E-state index contributed by atoms with van der Waals surface area (Å²) in [4.78, 5) is 1.36. The molecule has 1 aromatic rings. The minimum Gasteiger partial charge on any atom is -0.324 e. The van der Waals surface area contributed by atoms with Crippen molar-refractivity contribution in [2.24, 2.45) is 11.7 Å². The van der Waals surface area contributed by atoms with E-state index in [2.05, 4.69) is 45.0 Å². The van der Waals surface area contributed by atoms with E-state index in [0.717, 1.165) is 12.3 Å². The molecule has 0 aliphatic rings. The third-order valence-corrected chi connectivity index (χ3v) is 4.40. The van der Waals surface area contributed by atoms with Gasteiger partial charge in [0.2, 0.25) is 0 Å². The van der Waals surface area contributed by atoms with E-state index in [1.165, 1.54) is 22.6 Å². The van der Waals surface area contributed by atoms with Crippen molar-refractivity contribution in [1.29, 1.82) is 0 Å². The lowest BCUT2D eigenvalue weighted by atomic mass is 10.1. The molecule has 2 atom stereocenters. The molecule has 0 saturated heterocycles. The average Bonchev–Trinajstić information content (AvgIpc) is 2.35. The first kappa shape index (κ1) is 13.6. The van der Waals surface area contributed by atoms with Gasteiger partial charge in [-0.05, 0) is 24.0 Å². The zero-order valence-corrected chi connectivity index (χ0v) is 11.4. The number of nitrogens with two attached hydrogens (primary N) is 1. The summed E-state index contributed by atoms with van der Waals surface area (Å²) in [7, 11) is 0. The van der Waals surface area contributed by atoms with E-state index in [1.54, 1.807) is 0 Å². The highest BCUT2D eigenvalue weighted by atomic mass is 32.2. The largest absolute Gasteiger partial charge is 0.324 e. The van der Waals surface area contributed by atoms with Crippen LogP contribution < -0.4 is 5.73 Å². The van der Waals surface area contributed by atoms with Crippen molar-refractivity contribution in [1.82, 2.24) is 0 Å². The van der Waals surface area contributed by atoms with Crippen LogP contribution in [0.1, 0.15) is 45.2 Å². The fourth-order valence-electron chi connectivity index (χ4n) is 1.49. The lowest BCUT2D eigenvalue weighted by Gasteiger charge is -2.15. The first-order valence-corrected chi connectivity index (χ1v) is 7.14.